The quantitative estimate of drug-likeness (QED) is 0.762. The molecule has 0 radical (unpaired) electrons. The van der Waals surface area contributed by atoms with Gasteiger partial charge < -0.3 is 29.5 Å². The Morgan fingerprint density at radius 1 is 1.13 bits per heavy atom. The fourth-order valence-corrected chi connectivity index (χ4v) is 3.76. The number of methoxy groups -OCH3 is 1. The standard InChI is InChI=1S/C23H38N2O5/c1-19(26)25-14-8-13-24(15-11-20-9-4-3-5-10-20)12-6-7-16-30-18-21(27)23(28)22(17-25)29-2/h3-5,9-10,21-23,27-28H,6-8,11-18H2,1-2H3/t21-,22-,23-/m0/s1. The molecule has 0 aliphatic carbocycles. The van der Waals surface area contributed by atoms with E-state index in [1.165, 1.54) is 19.6 Å². The van der Waals surface area contributed by atoms with Crippen LogP contribution in [-0.4, -0.2) is 97.3 Å². The summed E-state index contributed by atoms with van der Waals surface area (Å²) >= 11 is 0. The summed E-state index contributed by atoms with van der Waals surface area (Å²) in [6, 6.07) is 10.5. The topological polar surface area (TPSA) is 82.5 Å². The summed E-state index contributed by atoms with van der Waals surface area (Å²) in [6.45, 7) is 5.82. The van der Waals surface area contributed by atoms with Crippen molar-refractivity contribution in [3.05, 3.63) is 35.9 Å². The first-order valence-corrected chi connectivity index (χ1v) is 11.0. The predicted octanol–water partition coefficient (Wildman–Crippen LogP) is 1.32. The third kappa shape index (κ3) is 8.70. The highest BCUT2D eigenvalue weighted by Crippen LogP contribution is 2.10. The second-order valence-electron chi connectivity index (χ2n) is 8.01. The third-order valence-corrected chi connectivity index (χ3v) is 5.69. The number of benzene rings is 1. The van der Waals surface area contributed by atoms with Crippen molar-refractivity contribution >= 4 is 5.91 Å². The van der Waals surface area contributed by atoms with Crippen LogP contribution >= 0.6 is 0 Å². The molecule has 1 aliphatic heterocycles. The minimum atomic E-state index is -1.11. The van der Waals surface area contributed by atoms with Gasteiger partial charge in [0.25, 0.3) is 0 Å². The van der Waals surface area contributed by atoms with Crippen molar-refractivity contribution in [1.29, 1.82) is 0 Å². The Hall–Kier alpha value is -1.51. The van der Waals surface area contributed by atoms with E-state index >= 15 is 0 Å². The number of rotatable bonds is 4. The van der Waals surface area contributed by atoms with Gasteiger partial charge in [-0.3, -0.25) is 4.79 Å². The lowest BCUT2D eigenvalue weighted by Gasteiger charge is -2.31. The molecule has 170 valence electrons. The van der Waals surface area contributed by atoms with E-state index in [2.05, 4.69) is 29.2 Å². The van der Waals surface area contributed by atoms with Gasteiger partial charge in [-0.25, -0.2) is 0 Å². The molecule has 1 fully saturated rings. The van der Waals surface area contributed by atoms with Gasteiger partial charge in [-0.2, -0.15) is 0 Å². The van der Waals surface area contributed by atoms with E-state index in [1.54, 1.807) is 4.90 Å². The molecule has 0 aromatic heterocycles. The van der Waals surface area contributed by atoms with E-state index < -0.39 is 18.3 Å². The fourth-order valence-electron chi connectivity index (χ4n) is 3.76. The number of amides is 1. The molecule has 1 aromatic carbocycles. The molecule has 1 saturated heterocycles. The van der Waals surface area contributed by atoms with Crippen molar-refractivity contribution in [2.75, 3.05) is 53.0 Å². The highest BCUT2D eigenvalue weighted by molar-refractivity contribution is 5.73. The van der Waals surface area contributed by atoms with Crippen LogP contribution in [0.25, 0.3) is 0 Å². The van der Waals surface area contributed by atoms with Crippen molar-refractivity contribution in [3.8, 4) is 0 Å². The van der Waals surface area contributed by atoms with Gasteiger partial charge in [0.05, 0.1) is 6.61 Å². The molecular formula is C23H38N2O5. The molecule has 7 nitrogen and oxygen atoms in total. The molecule has 3 atom stereocenters. The number of nitrogens with zero attached hydrogens (tertiary/aromatic N) is 2. The van der Waals surface area contributed by atoms with Crippen LogP contribution in [0.4, 0.5) is 0 Å². The maximum absolute atomic E-state index is 12.1. The van der Waals surface area contributed by atoms with Crippen LogP contribution in [0.3, 0.4) is 0 Å². The second kappa shape index (κ2) is 13.7. The van der Waals surface area contributed by atoms with Crippen molar-refractivity contribution in [2.24, 2.45) is 0 Å². The lowest BCUT2D eigenvalue weighted by molar-refractivity contribution is -0.136. The van der Waals surface area contributed by atoms with Crippen molar-refractivity contribution in [1.82, 2.24) is 9.80 Å². The smallest absolute Gasteiger partial charge is 0.219 e. The summed E-state index contributed by atoms with van der Waals surface area (Å²) in [5, 5.41) is 20.6. The number of carbonyl (C=O) groups is 1. The van der Waals surface area contributed by atoms with Crippen LogP contribution in [0.5, 0.6) is 0 Å². The fraction of sp³-hybridized carbons (Fsp3) is 0.696. The third-order valence-electron chi connectivity index (χ3n) is 5.69. The van der Waals surface area contributed by atoms with E-state index in [0.717, 1.165) is 45.3 Å². The van der Waals surface area contributed by atoms with Gasteiger partial charge in [0.1, 0.15) is 18.3 Å². The minimum Gasteiger partial charge on any atom is -0.388 e. The van der Waals surface area contributed by atoms with E-state index in [4.69, 9.17) is 9.47 Å². The zero-order chi connectivity index (χ0) is 21.8. The van der Waals surface area contributed by atoms with Gasteiger partial charge in [0.2, 0.25) is 5.91 Å². The maximum atomic E-state index is 12.1. The first-order chi connectivity index (χ1) is 14.5. The average molecular weight is 423 g/mol. The molecule has 1 amide bonds. The molecule has 2 rings (SSSR count). The summed E-state index contributed by atoms with van der Waals surface area (Å²) in [5.41, 5.74) is 1.33. The normalized spacial score (nSPS) is 26.0. The van der Waals surface area contributed by atoms with Gasteiger partial charge in [-0.15, -0.1) is 0 Å². The van der Waals surface area contributed by atoms with E-state index in [0.29, 0.717) is 13.2 Å². The summed E-state index contributed by atoms with van der Waals surface area (Å²) in [7, 11) is 1.49. The lowest BCUT2D eigenvalue weighted by atomic mass is 10.1. The van der Waals surface area contributed by atoms with Crippen LogP contribution in [0.2, 0.25) is 0 Å². The number of ether oxygens (including phenoxy) is 2. The molecule has 0 unspecified atom stereocenters. The van der Waals surface area contributed by atoms with E-state index in [1.807, 2.05) is 6.07 Å². The molecule has 30 heavy (non-hydrogen) atoms. The van der Waals surface area contributed by atoms with Crippen molar-refractivity contribution in [2.45, 2.75) is 50.9 Å². The van der Waals surface area contributed by atoms with Crippen LogP contribution in [0.15, 0.2) is 30.3 Å². The second-order valence-corrected chi connectivity index (χ2v) is 8.01. The van der Waals surface area contributed by atoms with Gasteiger partial charge in [0.15, 0.2) is 0 Å². The van der Waals surface area contributed by atoms with Crippen LogP contribution in [0.1, 0.15) is 31.7 Å². The van der Waals surface area contributed by atoms with Gasteiger partial charge in [0, 0.05) is 40.3 Å². The number of aliphatic hydroxyl groups excluding tert-OH is 2. The Morgan fingerprint density at radius 3 is 2.57 bits per heavy atom. The Balaban J connectivity index is 1.99. The summed E-state index contributed by atoms with van der Waals surface area (Å²) in [4.78, 5) is 16.3. The number of carbonyl (C=O) groups excluding carboxylic acids is 1. The maximum Gasteiger partial charge on any atom is 0.219 e. The van der Waals surface area contributed by atoms with Crippen molar-refractivity contribution in [3.63, 3.8) is 0 Å². The molecule has 0 bridgehead atoms. The lowest BCUT2D eigenvalue weighted by Crippen LogP contribution is -2.48. The van der Waals surface area contributed by atoms with Crippen LogP contribution < -0.4 is 0 Å². The van der Waals surface area contributed by atoms with Crippen molar-refractivity contribution < 1.29 is 24.5 Å². The van der Waals surface area contributed by atoms with E-state index in [9.17, 15) is 15.0 Å². The minimum absolute atomic E-state index is 0.0544. The predicted molar refractivity (Wildman–Crippen MR) is 116 cm³/mol. The Bertz CT molecular complexity index is 601. The van der Waals surface area contributed by atoms with Gasteiger partial charge in [-0.1, -0.05) is 30.3 Å². The Kier molecular flexibility index (Phi) is 11.3. The average Bonchev–Trinajstić information content (AvgIpc) is 2.75. The summed E-state index contributed by atoms with van der Waals surface area (Å²) in [5.74, 6) is -0.0601. The summed E-state index contributed by atoms with van der Waals surface area (Å²) in [6.07, 6.45) is 0.938. The molecule has 1 heterocycles. The molecule has 2 N–H and O–H groups in total. The first-order valence-electron chi connectivity index (χ1n) is 11.0. The molecule has 7 heteroatoms. The highest BCUT2D eigenvalue weighted by Gasteiger charge is 2.29. The molecule has 1 aromatic rings. The zero-order valence-electron chi connectivity index (χ0n) is 18.4. The molecule has 0 spiro atoms. The monoisotopic (exact) mass is 422 g/mol. The molecule has 0 saturated carbocycles. The zero-order valence-corrected chi connectivity index (χ0v) is 18.4. The number of hydrogen-bond acceptors (Lipinski definition) is 6. The van der Waals surface area contributed by atoms with Gasteiger partial charge in [-0.05, 0) is 44.3 Å². The Labute approximate surface area is 180 Å². The highest BCUT2D eigenvalue weighted by atomic mass is 16.5. The largest absolute Gasteiger partial charge is 0.388 e. The van der Waals surface area contributed by atoms with Crippen LogP contribution in [-0.2, 0) is 20.7 Å². The molecule has 1 aliphatic rings. The number of hydrogen-bond donors (Lipinski definition) is 2. The molecular weight excluding hydrogens is 384 g/mol. The first kappa shape index (κ1) is 24.8. The Morgan fingerprint density at radius 2 is 1.87 bits per heavy atom. The van der Waals surface area contributed by atoms with Gasteiger partial charge >= 0.3 is 0 Å². The SMILES string of the molecule is CO[C@H]1CN(C(C)=O)CCCN(CCc2ccccc2)CCCCOC[C@H](O)[C@@H]1O. The summed E-state index contributed by atoms with van der Waals surface area (Å²) < 4.78 is 10.9. The van der Waals surface area contributed by atoms with E-state index in [-0.39, 0.29) is 19.1 Å². The number of aliphatic hydroxyl groups is 2. The van der Waals surface area contributed by atoms with Crippen LogP contribution in [0, 0.1) is 0 Å².